The Hall–Kier alpha value is -0.440. The summed E-state index contributed by atoms with van der Waals surface area (Å²) >= 11 is 6.60. The standard InChI is InChI=1S/C12H13Br2NO4S/c1-7-2-10(14)11(4-9(7)13)20(18,19)15-5-8(6-15)3-12(16)17/h2,4,8H,3,5-6H2,1H3,(H,16,17). The number of carboxylic acid groups (broad SMARTS) is 1. The molecule has 0 spiro atoms. The topological polar surface area (TPSA) is 74.7 Å². The number of hydrogen-bond donors (Lipinski definition) is 1. The fraction of sp³-hybridized carbons (Fsp3) is 0.417. The van der Waals surface area contributed by atoms with E-state index in [0.717, 1.165) is 10.0 Å². The monoisotopic (exact) mass is 425 g/mol. The third-order valence-corrected chi connectivity index (χ3v) is 6.86. The van der Waals surface area contributed by atoms with Crippen LogP contribution >= 0.6 is 31.9 Å². The first-order valence-corrected chi connectivity index (χ1v) is 8.92. The molecule has 1 fully saturated rings. The number of hydrogen-bond acceptors (Lipinski definition) is 3. The summed E-state index contributed by atoms with van der Waals surface area (Å²) in [7, 11) is -3.58. The van der Waals surface area contributed by atoms with Gasteiger partial charge in [-0.05, 0) is 46.5 Å². The lowest BCUT2D eigenvalue weighted by Gasteiger charge is -2.37. The van der Waals surface area contributed by atoms with Gasteiger partial charge in [0.15, 0.2) is 0 Å². The van der Waals surface area contributed by atoms with Crippen LogP contribution in [0.4, 0.5) is 0 Å². The van der Waals surface area contributed by atoms with E-state index >= 15 is 0 Å². The van der Waals surface area contributed by atoms with Crippen molar-refractivity contribution >= 4 is 47.9 Å². The minimum Gasteiger partial charge on any atom is -0.481 e. The first-order valence-electron chi connectivity index (χ1n) is 5.89. The molecule has 20 heavy (non-hydrogen) atoms. The molecule has 1 saturated heterocycles. The Morgan fingerprint density at radius 3 is 2.50 bits per heavy atom. The number of halogens is 2. The van der Waals surface area contributed by atoms with Crippen LogP contribution in [-0.4, -0.2) is 36.9 Å². The van der Waals surface area contributed by atoms with Crippen molar-refractivity contribution in [1.29, 1.82) is 0 Å². The molecule has 0 aliphatic carbocycles. The van der Waals surface area contributed by atoms with Gasteiger partial charge in [-0.15, -0.1) is 0 Å². The molecule has 1 aliphatic heterocycles. The van der Waals surface area contributed by atoms with Gasteiger partial charge in [-0.2, -0.15) is 4.31 Å². The maximum Gasteiger partial charge on any atom is 0.303 e. The van der Waals surface area contributed by atoms with Gasteiger partial charge in [0.05, 0.1) is 11.3 Å². The van der Waals surface area contributed by atoms with Crippen molar-refractivity contribution in [1.82, 2.24) is 4.31 Å². The summed E-state index contributed by atoms with van der Waals surface area (Å²) in [6, 6.07) is 3.31. The molecule has 1 aliphatic rings. The van der Waals surface area contributed by atoms with Gasteiger partial charge in [-0.3, -0.25) is 4.79 Å². The Kier molecular flexibility index (Phi) is 4.58. The first-order chi connectivity index (χ1) is 9.21. The van der Waals surface area contributed by atoms with E-state index < -0.39 is 16.0 Å². The number of carbonyl (C=O) groups is 1. The van der Waals surface area contributed by atoms with Gasteiger partial charge < -0.3 is 5.11 Å². The fourth-order valence-electron chi connectivity index (χ4n) is 2.06. The number of nitrogens with zero attached hydrogens (tertiary/aromatic N) is 1. The van der Waals surface area contributed by atoms with E-state index in [1.54, 1.807) is 12.1 Å². The molecule has 1 heterocycles. The zero-order valence-corrected chi connectivity index (χ0v) is 14.6. The van der Waals surface area contributed by atoms with Gasteiger partial charge >= 0.3 is 5.97 Å². The second kappa shape index (κ2) is 5.75. The van der Waals surface area contributed by atoms with Crippen LogP contribution in [0.3, 0.4) is 0 Å². The van der Waals surface area contributed by atoms with E-state index in [9.17, 15) is 13.2 Å². The van der Waals surface area contributed by atoms with Gasteiger partial charge in [0, 0.05) is 22.0 Å². The molecule has 0 radical (unpaired) electrons. The third-order valence-electron chi connectivity index (χ3n) is 3.22. The average molecular weight is 427 g/mol. The maximum atomic E-state index is 12.5. The highest BCUT2D eigenvalue weighted by Crippen LogP contribution is 2.34. The molecule has 0 saturated carbocycles. The number of sulfonamides is 1. The molecular formula is C12H13Br2NO4S. The van der Waals surface area contributed by atoms with Crippen molar-refractivity contribution in [2.75, 3.05) is 13.1 Å². The molecule has 0 unspecified atom stereocenters. The van der Waals surface area contributed by atoms with Crippen molar-refractivity contribution in [3.05, 3.63) is 26.6 Å². The molecular weight excluding hydrogens is 414 g/mol. The largest absolute Gasteiger partial charge is 0.481 e. The first kappa shape index (κ1) is 15.9. The highest BCUT2D eigenvalue weighted by Gasteiger charge is 2.38. The summed E-state index contributed by atoms with van der Waals surface area (Å²) in [5, 5.41) is 8.68. The van der Waals surface area contributed by atoms with Crippen molar-refractivity contribution in [2.45, 2.75) is 18.2 Å². The van der Waals surface area contributed by atoms with Gasteiger partial charge in [-0.25, -0.2) is 8.42 Å². The van der Waals surface area contributed by atoms with Crippen LogP contribution in [0.25, 0.3) is 0 Å². The highest BCUT2D eigenvalue weighted by atomic mass is 79.9. The van der Waals surface area contributed by atoms with Crippen LogP contribution in [-0.2, 0) is 14.8 Å². The fourth-order valence-corrected chi connectivity index (χ4v) is 5.29. The summed E-state index contributed by atoms with van der Waals surface area (Å²) < 4.78 is 27.5. The van der Waals surface area contributed by atoms with Crippen molar-refractivity contribution in [3.63, 3.8) is 0 Å². The second-order valence-electron chi connectivity index (χ2n) is 4.82. The summed E-state index contributed by atoms with van der Waals surface area (Å²) in [5.41, 5.74) is 0.934. The molecule has 0 bridgehead atoms. The lowest BCUT2D eigenvalue weighted by molar-refractivity contribution is -0.139. The molecule has 8 heteroatoms. The lowest BCUT2D eigenvalue weighted by atomic mass is 10.00. The van der Waals surface area contributed by atoms with Crippen molar-refractivity contribution in [2.24, 2.45) is 5.92 Å². The Labute approximate surface area is 134 Å². The quantitative estimate of drug-likeness (QED) is 0.802. The molecule has 110 valence electrons. The smallest absolute Gasteiger partial charge is 0.303 e. The zero-order chi connectivity index (χ0) is 15.1. The van der Waals surface area contributed by atoms with E-state index in [2.05, 4.69) is 31.9 Å². The number of benzene rings is 1. The van der Waals surface area contributed by atoms with Gasteiger partial charge in [0.1, 0.15) is 0 Å². The highest BCUT2D eigenvalue weighted by molar-refractivity contribution is 9.11. The summed E-state index contributed by atoms with van der Waals surface area (Å²) in [6.45, 7) is 2.39. The Balaban J connectivity index is 2.21. The Morgan fingerprint density at radius 2 is 1.95 bits per heavy atom. The molecule has 2 rings (SSSR count). The third kappa shape index (κ3) is 3.08. The second-order valence-corrected chi connectivity index (χ2v) is 8.43. The molecule has 1 aromatic carbocycles. The van der Waals surface area contributed by atoms with Crippen molar-refractivity contribution < 1.29 is 18.3 Å². The van der Waals surface area contributed by atoms with Crippen LogP contribution in [0.2, 0.25) is 0 Å². The van der Waals surface area contributed by atoms with Gasteiger partial charge in [-0.1, -0.05) is 15.9 Å². The predicted molar refractivity (Wildman–Crippen MR) is 81.1 cm³/mol. The minimum absolute atomic E-state index is 0.00474. The van der Waals surface area contributed by atoms with E-state index in [1.165, 1.54) is 4.31 Å². The molecule has 0 amide bonds. The van der Waals surface area contributed by atoms with E-state index in [1.807, 2.05) is 6.92 Å². The lowest BCUT2D eigenvalue weighted by Crippen LogP contribution is -2.50. The predicted octanol–water partition coefficient (Wildman–Crippen LogP) is 2.62. The molecule has 0 atom stereocenters. The van der Waals surface area contributed by atoms with Crippen LogP contribution < -0.4 is 0 Å². The molecule has 1 aromatic rings. The summed E-state index contributed by atoms with van der Waals surface area (Å²) in [4.78, 5) is 10.8. The van der Waals surface area contributed by atoms with Crippen molar-refractivity contribution in [3.8, 4) is 0 Å². The zero-order valence-electron chi connectivity index (χ0n) is 10.6. The number of aryl methyl sites for hydroxylation is 1. The van der Waals surface area contributed by atoms with Crippen LogP contribution in [0.1, 0.15) is 12.0 Å². The molecule has 5 nitrogen and oxygen atoms in total. The Morgan fingerprint density at radius 1 is 1.35 bits per heavy atom. The average Bonchev–Trinajstić information content (AvgIpc) is 2.27. The van der Waals surface area contributed by atoms with Gasteiger partial charge in [0.2, 0.25) is 10.0 Å². The van der Waals surface area contributed by atoms with Gasteiger partial charge in [0.25, 0.3) is 0 Å². The SMILES string of the molecule is Cc1cc(Br)c(S(=O)(=O)N2CC(CC(=O)O)C2)cc1Br. The summed E-state index contributed by atoms with van der Waals surface area (Å²) in [5.74, 6) is -0.999. The number of rotatable bonds is 4. The van der Waals surface area contributed by atoms with E-state index in [0.29, 0.717) is 4.47 Å². The van der Waals surface area contributed by atoms with Crippen LogP contribution in [0.15, 0.2) is 26.0 Å². The van der Waals surface area contributed by atoms with Crippen LogP contribution in [0.5, 0.6) is 0 Å². The maximum absolute atomic E-state index is 12.5. The molecule has 1 N–H and O–H groups in total. The number of aliphatic carboxylic acids is 1. The Bertz CT molecular complexity index is 654. The summed E-state index contributed by atoms with van der Waals surface area (Å²) in [6.07, 6.45) is 0.00474. The number of carboxylic acids is 1. The minimum atomic E-state index is -3.58. The van der Waals surface area contributed by atoms with E-state index in [-0.39, 0.29) is 30.3 Å². The van der Waals surface area contributed by atoms with Crippen LogP contribution in [0, 0.1) is 12.8 Å². The molecule has 0 aromatic heterocycles. The van der Waals surface area contributed by atoms with E-state index in [4.69, 9.17) is 5.11 Å². The normalized spacial score (nSPS) is 16.9.